The average Bonchev–Trinajstić information content (AvgIpc) is 3.32. The molecule has 1 aliphatic heterocycles. The predicted octanol–water partition coefficient (Wildman–Crippen LogP) is 3.78. The third-order valence-electron chi connectivity index (χ3n) is 12.1. The Kier molecular flexibility index (Phi) is 6.61. The monoisotopic (exact) mass is 504 g/mol. The first kappa shape index (κ1) is 26.8. The predicted molar refractivity (Wildman–Crippen MR) is 137 cm³/mol. The van der Waals surface area contributed by atoms with E-state index in [-0.39, 0.29) is 34.9 Å². The third kappa shape index (κ3) is 3.57. The van der Waals surface area contributed by atoms with Crippen LogP contribution in [0.25, 0.3) is 0 Å². The molecular weight excluding hydrogens is 456 g/mol. The molecule has 36 heavy (non-hydrogen) atoms. The summed E-state index contributed by atoms with van der Waals surface area (Å²) < 4.78 is 6.06. The highest BCUT2D eigenvalue weighted by Gasteiger charge is 2.69. The normalized spacial score (nSPS) is 51.1. The third-order valence-corrected chi connectivity index (χ3v) is 12.1. The summed E-state index contributed by atoms with van der Waals surface area (Å²) in [6.45, 7) is 10.9. The highest BCUT2D eigenvalue weighted by atomic mass is 16.5. The van der Waals surface area contributed by atoms with Crippen LogP contribution in [0, 0.1) is 40.4 Å². The Hall–Kier alpha value is -0.790. The van der Waals surface area contributed by atoms with E-state index in [0.29, 0.717) is 38.2 Å². The first-order valence-electron chi connectivity index (χ1n) is 14.5. The summed E-state index contributed by atoms with van der Waals surface area (Å²) in [6, 6.07) is 0. The molecule has 0 amide bonds. The molecule has 0 spiro atoms. The molecule has 4 aliphatic carbocycles. The van der Waals surface area contributed by atoms with Gasteiger partial charge in [0.2, 0.25) is 0 Å². The van der Waals surface area contributed by atoms with Gasteiger partial charge in [-0.3, -0.25) is 4.79 Å². The smallest absolute Gasteiger partial charge is 0.159 e. The standard InChI is InChI=1S/C30H48O6/c1-6-7-18-16-36-25(17(18)2)26(33)29(5,34)24-10-13-30(35)21-15-23(32)22-14-19(31)8-11-27(22,3)20(21)9-12-28(24,30)4/h15,17-20,22,24-26,31,33-35H,6-14,16H2,1-5H3. The minimum atomic E-state index is -1.42. The minimum absolute atomic E-state index is 0.0329. The van der Waals surface area contributed by atoms with Gasteiger partial charge in [-0.15, -0.1) is 0 Å². The Morgan fingerprint density at radius 2 is 1.89 bits per heavy atom. The van der Waals surface area contributed by atoms with Crippen LogP contribution in [0.2, 0.25) is 0 Å². The second-order valence-corrected chi connectivity index (χ2v) is 13.8. The van der Waals surface area contributed by atoms with Crippen LogP contribution >= 0.6 is 0 Å². The van der Waals surface area contributed by atoms with E-state index in [1.54, 1.807) is 13.0 Å². The van der Waals surface area contributed by atoms with Crippen molar-refractivity contribution in [2.45, 2.75) is 122 Å². The van der Waals surface area contributed by atoms with Gasteiger partial charge < -0.3 is 25.2 Å². The van der Waals surface area contributed by atoms with Gasteiger partial charge in [0, 0.05) is 11.3 Å². The van der Waals surface area contributed by atoms with Gasteiger partial charge in [-0.1, -0.05) is 34.1 Å². The Morgan fingerprint density at radius 3 is 2.58 bits per heavy atom. The van der Waals surface area contributed by atoms with Crippen LogP contribution in [0.4, 0.5) is 0 Å². The van der Waals surface area contributed by atoms with E-state index < -0.39 is 34.9 Å². The summed E-state index contributed by atoms with van der Waals surface area (Å²) in [5, 5.41) is 46.1. The molecular formula is C30H48O6. The fraction of sp³-hybridized carbons (Fsp3) is 0.900. The van der Waals surface area contributed by atoms with E-state index in [4.69, 9.17) is 4.74 Å². The second kappa shape index (κ2) is 8.87. The Morgan fingerprint density at radius 1 is 1.17 bits per heavy atom. The number of aliphatic hydroxyl groups is 4. The molecule has 204 valence electrons. The van der Waals surface area contributed by atoms with Gasteiger partial charge in [0.05, 0.1) is 30.0 Å². The fourth-order valence-electron chi connectivity index (χ4n) is 9.69. The van der Waals surface area contributed by atoms with Crippen molar-refractivity contribution in [3.8, 4) is 0 Å². The molecule has 0 aromatic rings. The molecule has 5 rings (SSSR count). The minimum Gasteiger partial charge on any atom is -0.393 e. The van der Waals surface area contributed by atoms with Gasteiger partial charge in [-0.25, -0.2) is 0 Å². The summed E-state index contributed by atoms with van der Waals surface area (Å²) in [6.07, 6.45) is 6.58. The quantitative estimate of drug-likeness (QED) is 0.454. The first-order chi connectivity index (χ1) is 16.8. The fourth-order valence-corrected chi connectivity index (χ4v) is 9.69. The van der Waals surface area contributed by atoms with E-state index >= 15 is 0 Å². The molecule has 3 saturated carbocycles. The molecule has 1 heterocycles. The highest BCUT2D eigenvalue weighted by Crippen LogP contribution is 2.68. The lowest BCUT2D eigenvalue weighted by atomic mass is 9.46. The maximum absolute atomic E-state index is 13.3. The maximum Gasteiger partial charge on any atom is 0.159 e. The summed E-state index contributed by atoms with van der Waals surface area (Å²) >= 11 is 0. The first-order valence-corrected chi connectivity index (χ1v) is 14.5. The van der Waals surface area contributed by atoms with E-state index in [1.165, 1.54) is 0 Å². The topological polar surface area (TPSA) is 107 Å². The maximum atomic E-state index is 13.3. The molecule has 0 aromatic heterocycles. The zero-order valence-corrected chi connectivity index (χ0v) is 22.9. The zero-order chi connectivity index (χ0) is 26.3. The lowest BCUT2D eigenvalue weighted by Gasteiger charge is -2.60. The van der Waals surface area contributed by atoms with Crippen LogP contribution in [0.1, 0.15) is 92.4 Å². The number of hydrogen-bond donors (Lipinski definition) is 4. The lowest BCUT2D eigenvalue weighted by molar-refractivity contribution is -0.193. The van der Waals surface area contributed by atoms with Gasteiger partial charge >= 0.3 is 0 Å². The van der Waals surface area contributed by atoms with Crippen LogP contribution in [0.5, 0.6) is 0 Å². The summed E-state index contributed by atoms with van der Waals surface area (Å²) in [5.41, 5.74) is -2.66. The van der Waals surface area contributed by atoms with Crippen LogP contribution in [-0.2, 0) is 9.53 Å². The number of hydrogen-bond acceptors (Lipinski definition) is 6. The molecule has 4 fully saturated rings. The van der Waals surface area contributed by atoms with Crippen molar-refractivity contribution in [1.82, 2.24) is 0 Å². The largest absolute Gasteiger partial charge is 0.393 e. The molecule has 12 unspecified atom stereocenters. The van der Waals surface area contributed by atoms with Gasteiger partial charge in [0.15, 0.2) is 5.78 Å². The molecule has 1 saturated heterocycles. The number of allylic oxidation sites excluding steroid dienone is 1. The van der Waals surface area contributed by atoms with E-state index in [0.717, 1.165) is 37.7 Å². The van der Waals surface area contributed by atoms with Gasteiger partial charge in [0.1, 0.15) is 6.10 Å². The number of rotatable bonds is 5. The SMILES string of the molecule is CCCC1COC(C(O)C(C)(O)C2CCC3(O)C4=CC(=O)C5CC(O)CCC5(C)C4CCC23C)C1C. The van der Waals surface area contributed by atoms with E-state index in [9.17, 15) is 25.2 Å². The van der Waals surface area contributed by atoms with E-state index in [1.807, 2.05) is 0 Å². The molecule has 0 aromatic carbocycles. The molecule has 6 heteroatoms. The van der Waals surface area contributed by atoms with Crippen molar-refractivity contribution in [2.75, 3.05) is 6.61 Å². The molecule has 0 bridgehead atoms. The van der Waals surface area contributed by atoms with Crippen molar-refractivity contribution in [1.29, 1.82) is 0 Å². The highest BCUT2D eigenvalue weighted by molar-refractivity contribution is 5.95. The van der Waals surface area contributed by atoms with E-state index in [2.05, 4.69) is 27.7 Å². The van der Waals surface area contributed by atoms with Crippen LogP contribution < -0.4 is 0 Å². The van der Waals surface area contributed by atoms with Crippen molar-refractivity contribution < 1.29 is 30.0 Å². The Balaban J connectivity index is 1.44. The number of ether oxygens (including phenoxy) is 1. The van der Waals surface area contributed by atoms with Gasteiger partial charge in [-0.2, -0.15) is 0 Å². The van der Waals surface area contributed by atoms with Crippen molar-refractivity contribution in [2.24, 2.45) is 40.4 Å². The number of fused-ring (bicyclic) bond motifs is 5. The lowest BCUT2D eigenvalue weighted by Crippen LogP contribution is -2.63. The summed E-state index contributed by atoms with van der Waals surface area (Å²) in [4.78, 5) is 13.3. The van der Waals surface area contributed by atoms with Gasteiger partial charge in [0.25, 0.3) is 0 Å². The molecule has 0 radical (unpaired) electrons. The van der Waals surface area contributed by atoms with Crippen LogP contribution in [0.3, 0.4) is 0 Å². The summed E-state index contributed by atoms with van der Waals surface area (Å²) in [5.74, 6) is 0.173. The van der Waals surface area contributed by atoms with Crippen molar-refractivity contribution >= 4 is 5.78 Å². The summed E-state index contributed by atoms with van der Waals surface area (Å²) in [7, 11) is 0. The number of carbonyl (C=O) groups is 1. The molecule has 5 aliphatic rings. The van der Waals surface area contributed by atoms with Gasteiger partial charge in [-0.05, 0) is 99.0 Å². The average molecular weight is 505 g/mol. The number of carbonyl (C=O) groups excluding carboxylic acids is 1. The Bertz CT molecular complexity index is 913. The van der Waals surface area contributed by atoms with Crippen molar-refractivity contribution in [3.63, 3.8) is 0 Å². The molecule has 4 N–H and O–H groups in total. The second-order valence-electron chi connectivity index (χ2n) is 13.8. The molecule has 12 atom stereocenters. The van der Waals surface area contributed by atoms with Crippen LogP contribution in [0.15, 0.2) is 11.6 Å². The Labute approximate surface area is 216 Å². The molecule has 6 nitrogen and oxygen atoms in total. The number of ketones is 1. The number of aliphatic hydroxyl groups excluding tert-OH is 2. The van der Waals surface area contributed by atoms with Crippen LogP contribution in [-0.4, -0.2) is 62.3 Å². The van der Waals surface area contributed by atoms with Crippen molar-refractivity contribution in [3.05, 3.63) is 11.6 Å². The zero-order valence-electron chi connectivity index (χ0n) is 22.9.